The van der Waals surface area contributed by atoms with Gasteiger partial charge in [-0.15, -0.1) is 0 Å². The first-order valence-corrected chi connectivity index (χ1v) is 8.06. The summed E-state index contributed by atoms with van der Waals surface area (Å²) in [5.74, 6) is 0. The topological polar surface area (TPSA) is 38.7 Å². The van der Waals surface area contributed by atoms with Crippen LogP contribution in [0.4, 0.5) is 0 Å². The highest BCUT2D eigenvalue weighted by molar-refractivity contribution is 4.56. The highest BCUT2D eigenvalue weighted by Crippen LogP contribution is 2.11. The second kappa shape index (κ2) is 15.9. The lowest BCUT2D eigenvalue weighted by Crippen LogP contribution is -2.12. The van der Waals surface area contributed by atoms with Crippen molar-refractivity contribution in [3.05, 3.63) is 0 Å². The molecule has 0 bridgehead atoms. The van der Waals surface area contributed by atoms with Crippen LogP contribution < -0.4 is 0 Å². The average Bonchev–Trinajstić information content (AvgIpc) is 2.41. The van der Waals surface area contributed by atoms with Crippen LogP contribution in [0, 0.1) is 0 Å². The molecular weight excluding hydrogens is 240 g/mol. The number of unbranched alkanes of at least 4 members (excludes halogenated alkanes) is 7. The van der Waals surface area contributed by atoms with Crippen molar-refractivity contribution in [2.24, 2.45) is 0 Å². The largest absolute Gasteiger partial charge is 0.393 e. The fraction of sp³-hybridized carbons (Fsp3) is 1.00. The Bertz CT molecular complexity index is 162. The summed E-state index contributed by atoms with van der Waals surface area (Å²) in [5, 5.41) is 9.77. The summed E-state index contributed by atoms with van der Waals surface area (Å²) in [7, 11) is 1.67. The lowest BCUT2D eigenvalue weighted by molar-refractivity contribution is 0.0454. The van der Waals surface area contributed by atoms with Crippen LogP contribution in [0.15, 0.2) is 0 Å². The quantitative estimate of drug-likeness (QED) is 0.460. The molecule has 0 fully saturated rings. The van der Waals surface area contributed by atoms with Crippen molar-refractivity contribution >= 4 is 0 Å². The van der Waals surface area contributed by atoms with Crippen molar-refractivity contribution in [1.82, 2.24) is 0 Å². The summed E-state index contributed by atoms with van der Waals surface area (Å²) >= 11 is 0. The summed E-state index contributed by atoms with van der Waals surface area (Å²) in [6, 6.07) is 0. The maximum atomic E-state index is 9.77. The first-order valence-electron chi connectivity index (χ1n) is 8.06. The molecule has 0 heterocycles. The molecule has 1 N–H and O–H groups in total. The van der Waals surface area contributed by atoms with Crippen LogP contribution in [-0.4, -0.2) is 38.1 Å². The molecule has 0 amide bonds. The van der Waals surface area contributed by atoms with Crippen LogP contribution in [0.25, 0.3) is 0 Å². The lowest BCUT2D eigenvalue weighted by Gasteiger charge is -2.10. The first-order chi connectivity index (χ1) is 9.31. The molecule has 0 rings (SSSR count). The molecule has 0 spiro atoms. The number of aliphatic hydroxyl groups is 1. The molecule has 19 heavy (non-hydrogen) atoms. The zero-order valence-electron chi connectivity index (χ0n) is 13.0. The summed E-state index contributed by atoms with van der Waals surface area (Å²) in [6.07, 6.45) is 12.0. The van der Waals surface area contributed by atoms with E-state index in [4.69, 9.17) is 9.47 Å². The van der Waals surface area contributed by atoms with Gasteiger partial charge in [0.1, 0.15) is 0 Å². The maximum Gasteiger partial charge on any atom is 0.0700 e. The minimum atomic E-state index is -0.192. The summed E-state index contributed by atoms with van der Waals surface area (Å²) in [6.45, 7) is 4.15. The molecule has 3 nitrogen and oxygen atoms in total. The Labute approximate surface area is 119 Å². The van der Waals surface area contributed by atoms with Crippen molar-refractivity contribution in [3.8, 4) is 0 Å². The number of hydrogen-bond donors (Lipinski definition) is 1. The molecule has 0 aliphatic heterocycles. The summed E-state index contributed by atoms with van der Waals surface area (Å²) in [5.41, 5.74) is 0. The molecule has 3 heteroatoms. The highest BCUT2D eigenvalue weighted by atomic mass is 16.5. The number of methoxy groups -OCH3 is 1. The second-order valence-electron chi connectivity index (χ2n) is 5.31. The van der Waals surface area contributed by atoms with Crippen molar-refractivity contribution in [3.63, 3.8) is 0 Å². The van der Waals surface area contributed by atoms with Crippen LogP contribution in [0.5, 0.6) is 0 Å². The van der Waals surface area contributed by atoms with Crippen molar-refractivity contribution in [2.45, 2.75) is 77.2 Å². The van der Waals surface area contributed by atoms with Crippen molar-refractivity contribution in [1.29, 1.82) is 0 Å². The Hall–Kier alpha value is -0.120. The lowest BCUT2D eigenvalue weighted by atomic mass is 10.0. The van der Waals surface area contributed by atoms with Gasteiger partial charge in [0.25, 0.3) is 0 Å². The number of rotatable bonds is 15. The Balaban J connectivity index is 3.09. The molecule has 1 unspecified atom stereocenters. The van der Waals surface area contributed by atoms with E-state index in [0.717, 1.165) is 19.3 Å². The van der Waals surface area contributed by atoms with Gasteiger partial charge in [0, 0.05) is 13.7 Å². The zero-order valence-corrected chi connectivity index (χ0v) is 13.0. The molecule has 1 atom stereocenters. The van der Waals surface area contributed by atoms with Gasteiger partial charge in [-0.05, 0) is 12.8 Å². The van der Waals surface area contributed by atoms with Gasteiger partial charge in [0.15, 0.2) is 0 Å². The van der Waals surface area contributed by atoms with E-state index in [0.29, 0.717) is 19.8 Å². The van der Waals surface area contributed by atoms with Gasteiger partial charge < -0.3 is 14.6 Å². The van der Waals surface area contributed by atoms with E-state index in [-0.39, 0.29) is 6.10 Å². The molecule has 0 saturated heterocycles. The third-order valence-electron chi connectivity index (χ3n) is 3.42. The molecule has 0 aromatic rings. The fourth-order valence-electron chi connectivity index (χ4n) is 2.12. The van der Waals surface area contributed by atoms with Gasteiger partial charge in [0.2, 0.25) is 0 Å². The van der Waals surface area contributed by atoms with E-state index in [2.05, 4.69) is 6.92 Å². The maximum absolute atomic E-state index is 9.77. The first kappa shape index (κ1) is 18.9. The number of hydrogen-bond acceptors (Lipinski definition) is 3. The zero-order chi connectivity index (χ0) is 14.2. The van der Waals surface area contributed by atoms with Crippen LogP contribution >= 0.6 is 0 Å². The Kier molecular flexibility index (Phi) is 15.8. The smallest absolute Gasteiger partial charge is 0.0700 e. The van der Waals surface area contributed by atoms with E-state index < -0.39 is 0 Å². The van der Waals surface area contributed by atoms with Crippen molar-refractivity contribution in [2.75, 3.05) is 26.9 Å². The summed E-state index contributed by atoms with van der Waals surface area (Å²) in [4.78, 5) is 0. The van der Waals surface area contributed by atoms with Crippen molar-refractivity contribution < 1.29 is 14.6 Å². The number of aliphatic hydroxyl groups excluding tert-OH is 1. The Morgan fingerprint density at radius 2 is 1.42 bits per heavy atom. The Morgan fingerprint density at radius 1 is 0.789 bits per heavy atom. The standard InChI is InChI=1S/C16H34O3/c1-3-4-5-6-7-8-9-10-11-16(17)12-13-19-15-14-18-2/h16-17H,3-15H2,1-2H3. The van der Waals surface area contributed by atoms with Gasteiger partial charge in [-0.3, -0.25) is 0 Å². The highest BCUT2D eigenvalue weighted by Gasteiger charge is 2.03. The van der Waals surface area contributed by atoms with Crippen LogP contribution in [0.3, 0.4) is 0 Å². The Morgan fingerprint density at radius 3 is 2.05 bits per heavy atom. The van der Waals surface area contributed by atoms with E-state index in [1.54, 1.807) is 7.11 Å². The van der Waals surface area contributed by atoms with Gasteiger partial charge >= 0.3 is 0 Å². The van der Waals surface area contributed by atoms with E-state index in [1.165, 1.54) is 44.9 Å². The van der Waals surface area contributed by atoms with Gasteiger partial charge in [-0.25, -0.2) is 0 Å². The molecule has 0 aliphatic rings. The normalized spacial score (nSPS) is 12.8. The van der Waals surface area contributed by atoms with Gasteiger partial charge in [0.05, 0.1) is 19.3 Å². The fourth-order valence-corrected chi connectivity index (χ4v) is 2.12. The second-order valence-corrected chi connectivity index (χ2v) is 5.31. The molecule has 0 saturated carbocycles. The molecular formula is C16H34O3. The third-order valence-corrected chi connectivity index (χ3v) is 3.42. The number of ether oxygens (including phenoxy) is 2. The minimum absolute atomic E-state index is 0.192. The predicted molar refractivity (Wildman–Crippen MR) is 80.5 cm³/mol. The predicted octanol–water partition coefficient (Wildman–Crippen LogP) is 3.93. The van der Waals surface area contributed by atoms with E-state index in [1.807, 2.05) is 0 Å². The molecule has 116 valence electrons. The van der Waals surface area contributed by atoms with E-state index in [9.17, 15) is 5.11 Å². The van der Waals surface area contributed by atoms with Gasteiger partial charge in [-0.2, -0.15) is 0 Å². The van der Waals surface area contributed by atoms with Crippen LogP contribution in [-0.2, 0) is 9.47 Å². The molecule has 0 aromatic heterocycles. The average molecular weight is 274 g/mol. The van der Waals surface area contributed by atoms with Gasteiger partial charge in [-0.1, -0.05) is 58.3 Å². The third kappa shape index (κ3) is 15.8. The molecule has 0 radical (unpaired) electrons. The van der Waals surface area contributed by atoms with Crippen LogP contribution in [0.1, 0.15) is 71.1 Å². The minimum Gasteiger partial charge on any atom is -0.393 e. The monoisotopic (exact) mass is 274 g/mol. The summed E-state index contributed by atoms with van der Waals surface area (Å²) < 4.78 is 10.2. The molecule has 0 aliphatic carbocycles. The SMILES string of the molecule is CCCCCCCCCCC(O)CCOCCOC. The van der Waals surface area contributed by atoms with E-state index >= 15 is 0 Å². The molecule has 0 aromatic carbocycles. The van der Waals surface area contributed by atoms with Crippen LogP contribution in [0.2, 0.25) is 0 Å².